The summed E-state index contributed by atoms with van der Waals surface area (Å²) in [6.45, 7) is 7.03. The summed E-state index contributed by atoms with van der Waals surface area (Å²) in [6.07, 6.45) is 1.88. The van der Waals surface area contributed by atoms with E-state index in [1.807, 2.05) is 25.1 Å². The smallest absolute Gasteiger partial charge is 0.228 e. The molecule has 2 heterocycles. The molecule has 0 saturated heterocycles. The lowest BCUT2D eigenvalue weighted by Gasteiger charge is -2.08. The molecule has 5 nitrogen and oxygen atoms in total. The van der Waals surface area contributed by atoms with Crippen molar-refractivity contribution in [3.05, 3.63) is 36.4 Å². The Kier molecular flexibility index (Phi) is 4.69. The lowest BCUT2D eigenvalue weighted by molar-refractivity contribution is -0.119. The van der Waals surface area contributed by atoms with Crippen molar-refractivity contribution < 1.29 is 4.79 Å². The van der Waals surface area contributed by atoms with Crippen LogP contribution in [0.3, 0.4) is 0 Å². The summed E-state index contributed by atoms with van der Waals surface area (Å²) in [5.74, 6) is 0.592. The van der Waals surface area contributed by atoms with Gasteiger partial charge in [0, 0.05) is 29.4 Å². The standard InChI is InChI=1S/C19H24N4O/c1-4-8-13(3)19(24)20-18-12-15(21-22-18)17-11-14-9-6-7-10-16(14)23(17)5-2/h6-7,9-13H,4-5,8H2,1-3H3,(H2,20,21,22,24)/t13-/m1/s1. The van der Waals surface area contributed by atoms with Gasteiger partial charge in [-0.05, 0) is 25.5 Å². The van der Waals surface area contributed by atoms with Crippen LogP contribution in [0, 0.1) is 5.92 Å². The molecule has 0 spiro atoms. The second-order valence-corrected chi connectivity index (χ2v) is 6.18. The number of rotatable bonds is 6. The van der Waals surface area contributed by atoms with E-state index in [4.69, 9.17) is 0 Å². The summed E-state index contributed by atoms with van der Waals surface area (Å²) in [5.41, 5.74) is 3.19. The van der Waals surface area contributed by atoms with Crippen LogP contribution < -0.4 is 5.32 Å². The van der Waals surface area contributed by atoms with E-state index < -0.39 is 0 Å². The summed E-state index contributed by atoms with van der Waals surface area (Å²) in [5, 5.41) is 11.4. The first-order valence-corrected chi connectivity index (χ1v) is 8.59. The fourth-order valence-electron chi connectivity index (χ4n) is 3.10. The highest BCUT2D eigenvalue weighted by Crippen LogP contribution is 2.28. The van der Waals surface area contributed by atoms with Gasteiger partial charge in [-0.3, -0.25) is 9.89 Å². The van der Waals surface area contributed by atoms with Crippen LogP contribution in [0.15, 0.2) is 36.4 Å². The average molecular weight is 324 g/mol. The van der Waals surface area contributed by atoms with Crippen molar-refractivity contribution in [3.8, 4) is 11.4 Å². The number of hydrogen-bond donors (Lipinski definition) is 2. The highest BCUT2D eigenvalue weighted by atomic mass is 16.1. The number of nitrogens with zero attached hydrogens (tertiary/aromatic N) is 2. The van der Waals surface area contributed by atoms with Gasteiger partial charge >= 0.3 is 0 Å². The molecule has 0 saturated carbocycles. The number of anilines is 1. The van der Waals surface area contributed by atoms with E-state index in [1.54, 1.807) is 0 Å². The van der Waals surface area contributed by atoms with Crippen LogP contribution in [0.2, 0.25) is 0 Å². The van der Waals surface area contributed by atoms with E-state index in [-0.39, 0.29) is 11.8 Å². The maximum absolute atomic E-state index is 12.1. The summed E-state index contributed by atoms with van der Waals surface area (Å²) < 4.78 is 2.24. The SMILES string of the molecule is CCC[C@@H](C)C(=O)Nc1cc(-c2cc3ccccc3n2CC)[nH]n1. The molecular weight excluding hydrogens is 300 g/mol. The molecule has 0 aliphatic rings. The number of H-pyrrole nitrogens is 1. The first-order chi connectivity index (χ1) is 11.6. The van der Waals surface area contributed by atoms with E-state index >= 15 is 0 Å². The number of nitrogens with one attached hydrogen (secondary N) is 2. The molecule has 1 aromatic carbocycles. The van der Waals surface area contributed by atoms with Crippen LogP contribution in [0.25, 0.3) is 22.3 Å². The number of carbonyl (C=O) groups excluding carboxylic acids is 1. The molecule has 126 valence electrons. The van der Waals surface area contributed by atoms with E-state index in [0.29, 0.717) is 5.82 Å². The largest absolute Gasteiger partial charge is 0.340 e. The van der Waals surface area contributed by atoms with Gasteiger partial charge in [0.05, 0.1) is 11.4 Å². The minimum atomic E-state index is -0.00255. The lowest BCUT2D eigenvalue weighted by Crippen LogP contribution is -2.20. The first kappa shape index (κ1) is 16.3. The van der Waals surface area contributed by atoms with Crippen LogP contribution in [0.1, 0.15) is 33.6 Å². The van der Waals surface area contributed by atoms with Gasteiger partial charge in [-0.2, -0.15) is 5.10 Å². The summed E-state index contributed by atoms with van der Waals surface area (Å²) in [4.78, 5) is 12.1. The van der Waals surface area contributed by atoms with Crippen LogP contribution in [0.4, 0.5) is 5.82 Å². The summed E-state index contributed by atoms with van der Waals surface area (Å²) in [6, 6.07) is 12.4. The van der Waals surface area contributed by atoms with Crippen molar-refractivity contribution in [1.82, 2.24) is 14.8 Å². The van der Waals surface area contributed by atoms with Crippen molar-refractivity contribution in [1.29, 1.82) is 0 Å². The topological polar surface area (TPSA) is 62.7 Å². The van der Waals surface area contributed by atoms with Gasteiger partial charge in [0.25, 0.3) is 0 Å². The number of fused-ring (bicyclic) bond motifs is 1. The molecular formula is C19H24N4O. The third-order valence-corrected chi connectivity index (χ3v) is 4.40. The van der Waals surface area contributed by atoms with Crippen LogP contribution in [-0.2, 0) is 11.3 Å². The van der Waals surface area contributed by atoms with E-state index in [2.05, 4.69) is 52.1 Å². The molecule has 0 fully saturated rings. The zero-order valence-electron chi connectivity index (χ0n) is 14.5. The molecule has 0 radical (unpaired) electrons. The van der Waals surface area contributed by atoms with E-state index in [0.717, 1.165) is 30.8 Å². The van der Waals surface area contributed by atoms with Gasteiger partial charge in [0.15, 0.2) is 5.82 Å². The molecule has 0 unspecified atom stereocenters. The van der Waals surface area contributed by atoms with Crippen molar-refractivity contribution in [3.63, 3.8) is 0 Å². The number of aryl methyl sites for hydroxylation is 1. The number of benzene rings is 1. The molecule has 0 aliphatic heterocycles. The normalized spacial score (nSPS) is 12.5. The Morgan fingerprint density at radius 3 is 2.83 bits per heavy atom. The summed E-state index contributed by atoms with van der Waals surface area (Å²) >= 11 is 0. The van der Waals surface area contributed by atoms with Crippen molar-refractivity contribution in [2.24, 2.45) is 5.92 Å². The number of aromatic amines is 1. The second kappa shape index (κ2) is 6.91. The molecule has 5 heteroatoms. The van der Waals surface area contributed by atoms with Gasteiger partial charge in [-0.15, -0.1) is 0 Å². The van der Waals surface area contributed by atoms with E-state index in [1.165, 1.54) is 10.9 Å². The van der Waals surface area contributed by atoms with Gasteiger partial charge < -0.3 is 9.88 Å². The van der Waals surface area contributed by atoms with E-state index in [9.17, 15) is 4.79 Å². The predicted molar refractivity (Wildman–Crippen MR) is 97.9 cm³/mol. The molecule has 24 heavy (non-hydrogen) atoms. The number of aromatic nitrogens is 3. The quantitative estimate of drug-likeness (QED) is 0.705. The van der Waals surface area contributed by atoms with Crippen LogP contribution in [0.5, 0.6) is 0 Å². The maximum Gasteiger partial charge on any atom is 0.228 e. The molecule has 3 aromatic rings. The Morgan fingerprint density at radius 2 is 2.08 bits per heavy atom. The third-order valence-electron chi connectivity index (χ3n) is 4.40. The van der Waals surface area contributed by atoms with Gasteiger partial charge in [-0.1, -0.05) is 38.5 Å². The minimum absolute atomic E-state index is 0.00255. The molecule has 3 rings (SSSR count). The Balaban J connectivity index is 1.87. The Labute approximate surface area is 142 Å². The number of carbonyl (C=O) groups is 1. The Bertz CT molecular complexity index is 846. The van der Waals surface area contributed by atoms with Gasteiger partial charge in [0.1, 0.15) is 0 Å². The highest BCUT2D eigenvalue weighted by Gasteiger charge is 2.15. The van der Waals surface area contributed by atoms with Crippen LogP contribution >= 0.6 is 0 Å². The van der Waals surface area contributed by atoms with Crippen molar-refractivity contribution in [2.75, 3.05) is 5.32 Å². The molecule has 2 N–H and O–H groups in total. The predicted octanol–water partition coefficient (Wildman–Crippen LogP) is 4.43. The maximum atomic E-state index is 12.1. The first-order valence-electron chi connectivity index (χ1n) is 8.59. The van der Waals surface area contributed by atoms with Gasteiger partial charge in [-0.25, -0.2) is 0 Å². The zero-order valence-corrected chi connectivity index (χ0v) is 14.5. The minimum Gasteiger partial charge on any atom is -0.340 e. The number of para-hydroxylation sites is 1. The number of hydrogen-bond acceptors (Lipinski definition) is 2. The highest BCUT2D eigenvalue weighted by molar-refractivity contribution is 5.92. The van der Waals surface area contributed by atoms with Crippen molar-refractivity contribution in [2.45, 2.75) is 40.2 Å². The molecule has 1 amide bonds. The molecule has 1 atom stereocenters. The number of amides is 1. The third kappa shape index (κ3) is 3.07. The average Bonchev–Trinajstić information content (AvgIpc) is 3.18. The Morgan fingerprint density at radius 1 is 1.29 bits per heavy atom. The fraction of sp³-hybridized carbons (Fsp3) is 0.368. The zero-order chi connectivity index (χ0) is 17.1. The van der Waals surface area contributed by atoms with Crippen LogP contribution in [-0.4, -0.2) is 20.7 Å². The summed E-state index contributed by atoms with van der Waals surface area (Å²) in [7, 11) is 0. The fourth-order valence-corrected chi connectivity index (χ4v) is 3.10. The van der Waals surface area contributed by atoms with Gasteiger partial charge in [0.2, 0.25) is 5.91 Å². The second-order valence-electron chi connectivity index (χ2n) is 6.18. The Hall–Kier alpha value is -2.56. The molecule has 2 aromatic heterocycles. The molecule has 0 bridgehead atoms. The van der Waals surface area contributed by atoms with Crippen molar-refractivity contribution >= 4 is 22.6 Å². The lowest BCUT2D eigenvalue weighted by atomic mass is 10.1. The monoisotopic (exact) mass is 324 g/mol. The molecule has 0 aliphatic carbocycles.